The molecule has 0 amide bonds. The lowest BCUT2D eigenvalue weighted by Crippen LogP contribution is -2.14. The molecule has 20 heavy (non-hydrogen) atoms. The Balaban J connectivity index is 2.85. The molecule has 0 atom stereocenters. The lowest BCUT2D eigenvalue weighted by molar-refractivity contribution is 0.473. The van der Waals surface area contributed by atoms with Gasteiger partial charge in [-0.3, -0.25) is 4.79 Å². The third kappa shape index (κ3) is 2.75. The van der Waals surface area contributed by atoms with Crippen molar-refractivity contribution >= 4 is 43.6 Å². The molecule has 0 aliphatic carbocycles. The van der Waals surface area contributed by atoms with Crippen molar-refractivity contribution in [1.29, 1.82) is 5.26 Å². The number of H-pyrrole nitrogens is 1. The van der Waals surface area contributed by atoms with Crippen LogP contribution >= 0.6 is 43.6 Å². The summed E-state index contributed by atoms with van der Waals surface area (Å²) < 4.78 is 1.13. The van der Waals surface area contributed by atoms with Gasteiger partial charge in [0.1, 0.15) is 23.1 Å². The van der Waals surface area contributed by atoms with Crippen LogP contribution in [0.3, 0.4) is 0 Å². The number of hydrogen-bond acceptors (Lipinski definition) is 5. The smallest absolute Gasteiger partial charge is 0.270 e. The first-order valence-corrected chi connectivity index (χ1v) is 8.05. The van der Waals surface area contributed by atoms with Crippen LogP contribution in [0, 0.1) is 11.3 Å². The average molecular weight is 417 g/mol. The highest BCUT2D eigenvalue weighted by Gasteiger charge is 2.18. The van der Waals surface area contributed by atoms with Gasteiger partial charge in [-0.15, -0.1) is 0 Å². The Bertz CT molecular complexity index is 783. The van der Waals surface area contributed by atoms with Crippen molar-refractivity contribution in [3.63, 3.8) is 0 Å². The monoisotopic (exact) mass is 415 g/mol. The van der Waals surface area contributed by atoms with E-state index in [1.165, 1.54) is 11.8 Å². The Morgan fingerprint density at radius 1 is 1.45 bits per heavy atom. The van der Waals surface area contributed by atoms with Crippen LogP contribution in [0.15, 0.2) is 31.0 Å². The number of thioether (sulfide) groups is 1. The van der Waals surface area contributed by atoms with Gasteiger partial charge in [-0.2, -0.15) is 5.26 Å². The fourth-order valence-corrected chi connectivity index (χ4v) is 3.20. The normalized spacial score (nSPS) is 10.3. The van der Waals surface area contributed by atoms with Crippen molar-refractivity contribution in [2.45, 2.75) is 5.16 Å². The van der Waals surface area contributed by atoms with Crippen molar-refractivity contribution in [3.8, 4) is 23.1 Å². The molecule has 0 saturated heterocycles. The van der Waals surface area contributed by atoms with Gasteiger partial charge in [-0.05, 0) is 34.3 Å². The van der Waals surface area contributed by atoms with Gasteiger partial charge in [0.05, 0.1) is 4.47 Å². The Labute approximate surface area is 135 Å². The third-order valence-electron chi connectivity index (χ3n) is 2.49. The van der Waals surface area contributed by atoms with Gasteiger partial charge in [-0.1, -0.05) is 27.7 Å². The van der Waals surface area contributed by atoms with Gasteiger partial charge < -0.3 is 10.1 Å². The summed E-state index contributed by atoms with van der Waals surface area (Å²) in [6.45, 7) is 0. The Morgan fingerprint density at radius 3 is 2.75 bits per heavy atom. The minimum atomic E-state index is -0.530. The van der Waals surface area contributed by atoms with Crippen LogP contribution in [0.5, 0.6) is 5.75 Å². The Morgan fingerprint density at radius 2 is 2.15 bits per heavy atom. The van der Waals surface area contributed by atoms with Crippen molar-refractivity contribution in [3.05, 3.63) is 37.0 Å². The number of halogens is 2. The van der Waals surface area contributed by atoms with Gasteiger partial charge >= 0.3 is 0 Å². The molecule has 0 bridgehead atoms. The second-order valence-electron chi connectivity index (χ2n) is 3.69. The average Bonchev–Trinajstić information content (AvgIpc) is 2.41. The lowest BCUT2D eigenvalue weighted by atomic mass is 10.1. The zero-order chi connectivity index (χ0) is 14.9. The number of aromatic amines is 1. The number of hydrogen-bond donors (Lipinski definition) is 2. The molecular formula is C12H7Br2N3O2S. The molecule has 0 spiro atoms. The van der Waals surface area contributed by atoms with Crippen LogP contribution in [-0.2, 0) is 0 Å². The zero-order valence-electron chi connectivity index (χ0n) is 10.1. The first-order valence-electron chi connectivity index (χ1n) is 5.24. The Kier molecular flexibility index (Phi) is 4.52. The van der Waals surface area contributed by atoms with E-state index in [1.807, 2.05) is 6.07 Å². The van der Waals surface area contributed by atoms with Gasteiger partial charge in [0, 0.05) is 10.0 Å². The number of aromatic nitrogens is 2. The molecule has 8 heteroatoms. The number of nitriles is 1. The maximum atomic E-state index is 11.9. The molecule has 0 aliphatic heterocycles. The summed E-state index contributed by atoms with van der Waals surface area (Å²) in [5.74, 6) is -0.0742. The summed E-state index contributed by atoms with van der Waals surface area (Å²) >= 11 is 7.76. The van der Waals surface area contributed by atoms with Crippen molar-refractivity contribution in [1.82, 2.24) is 9.97 Å². The molecule has 0 unspecified atom stereocenters. The molecular weight excluding hydrogens is 410 g/mol. The number of aromatic hydroxyl groups is 1. The maximum absolute atomic E-state index is 11.9. The molecule has 2 rings (SSSR count). The van der Waals surface area contributed by atoms with Crippen LogP contribution in [0.2, 0.25) is 0 Å². The summed E-state index contributed by atoms with van der Waals surface area (Å²) in [4.78, 5) is 18.6. The standard InChI is InChI=1S/C12H7Br2N3O2S/c1-20-12-16-9(7(4-15)11(19)17-12)6-2-5(13)3-8(14)10(6)18/h2-3,18H,1H3,(H,16,17,19). The first kappa shape index (κ1) is 15.1. The van der Waals surface area contributed by atoms with Gasteiger partial charge in [0.2, 0.25) is 0 Å². The number of phenolic OH excluding ortho intramolecular Hbond substituents is 1. The highest BCUT2D eigenvalue weighted by molar-refractivity contribution is 9.11. The molecule has 0 saturated carbocycles. The van der Waals surface area contributed by atoms with Crippen LogP contribution in [0.25, 0.3) is 11.3 Å². The largest absolute Gasteiger partial charge is 0.506 e. The summed E-state index contributed by atoms with van der Waals surface area (Å²) in [7, 11) is 0. The van der Waals surface area contributed by atoms with E-state index in [4.69, 9.17) is 5.26 Å². The van der Waals surface area contributed by atoms with Gasteiger partial charge in [0.25, 0.3) is 5.56 Å². The zero-order valence-corrected chi connectivity index (χ0v) is 14.1. The molecule has 102 valence electrons. The summed E-state index contributed by atoms with van der Waals surface area (Å²) in [5.41, 5.74) is -0.204. The second-order valence-corrected chi connectivity index (χ2v) is 6.26. The number of nitrogens with zero attached hydrogens (tertiary/aromatic N) is 2. The van der Waals surface area contributed by atoms with Crippen LogP contribution in [0.1, 0.15) is 5.56 Å². The first-order chi connectivity index (χ1) is 9.47. The number of benzene rings is 1. The third-order valence-corrected chi connectivity index (χ3v) is 4.13. The van der Waals surface area contributed by atoms with E-state index < -0.39 is 5.56 Å². The summed E-state index contributed by atoms with van der Waals surface area (Å²) in [6.07, 6.45) is 1.75. The van der Waals surface area contributed by atoms with Crippen molar-refractivity contribution in [2.24, 2.45) is 0 Å². The highest BCUT2D eigenvalue weighted by Crippen LogP contribution is 2.38. The van der Waals surface area contributed by atoms with Crippen molar-refractivity contribution in [2.75, 3.05) is 6.26 Å². The lowest BCUT2D eigenvalue weighted by Gasteiger charge is -2.09. The number of nitrogens with one attached hydrogen (secondary N) is 1. The van der Waals surface area contributed by atoms with E-state index >= 15 is 0 Å². The molecule has 0 aliphatic rings. The molecule has 5 nitrogen and oxygen atoms in total. The van der Waals surface area contributed by atoms with E-state index in [1.54, 1.807) is 18.4 Å². The summed E-state index contributed by atoms with van der Waals surface area (Å²) in [5, 5.41) is 19.6. The van der Waals surface area contributed by atoms with E-state index in [9.17, 15) is 9.90 Å². The number of rotatable bonds is 2. The highest BCUT2D eigenvalue weighted by atomic mass is 79.9. The topological polar surface area (TPSA) is 89.8 Å². The van der Waals surface area contributed by atoms with E-state index in [0.29, 0.717) is 19.7 Å². The van der Waals surface area contributed by atoms with Crippen LogP contribution in [-0.4, -0.2) is 21.3 Å². The van der Waals surface area contributed by atoms with Crippen LogP contribution < -0.4 is 5.56 Å². The van der Waals surface area contributed by atoms with Gasteiger partial charge in [-0.25, -0.2) is 4.98 Å². The van der Waals surface area contributed by atoms with E-state index in [2.05, 4.69) is 41.8 Å². The predicted molar refractivity (Wildman–Crippen MR) is 83.9 cm³/mol. The SMILES string of the molecule is CSc1nc(-c2cc(Br)cc(Br)c2O)c(C#N)c(=O)[nH]1. The fourth-order valence-electron chi connectivity index (χ4n) is 1.59. The molecule has 1 aromatic heterocycles. The quantitative estimate of drug-likeness (QED) is 0.579. The second kappa shape index (κ2) is 5.99. The van der Waals surface area contributed by atoms with Crippen LogP contribution in [0.4, 0.5) is 0 Å². The molecule has 0 fully saturated rings. The van der Waals surface area contributed by atoms with Crippen molar-refractivity contribution < 1.29 is 5.11 Å². The molecule has 2 aromatic rings. The minimum Gasteiger partial charge on any atom is -0.506 e. The number of phenols is 1. The maximum Gasteiger partial charge on any atom is 0.270 e. The van der Waals surface area contributed by atoms with E-state index in [0.717, 1.165) is 0 Å². The molecule has 0 radical (unpaired) electrons. The summed E-state index contributed by atoms with van der Waals surface area (Å²) in [6, 6.07) is 5.09. The molecule has 1 aromatic carbocycles. The fraction of sp³-hybridized carbons (Fsp3) is 0.0833. The van der Waals surface area contributed by atoms with Gasteiger partial charge in [0.15, 0.2) is 5.16 Å². The van der Waals surface area contributed by atoms with E-state index in [-0.39, 0.29) is 17.0 Å². The Hall–Kier alpha value is -1.30. The predicted octanol–water partition coefficient (Wildman–Crippen LogP) is 3.26. The molecule has 2 N–H and O–H groups in total. The minimum absolute atomic E-state index is 0.0742. The molecule has 1 heterocycles.